The number of fused-ring (bicyclic) bond motifs is 7. The number of pyridine rings is 1. The number of carbonyl (C=O) groups is 2. The molecule has 8 atom stereocenters. The molecule has 13 heteroatoms. The van der Waals surface area contributed by atoms with Gasteiger partial charge < -0.3 is 43.2 Å². The van der Waals surface area contributed by atoms with Gasteiger partial charge in [0.2, 0.25) is 0 Å². The first kappa shape index (κ1) is 54.0. The van der Waals surface area contributed by atoms with E-state index in [4.69, 9.17) is 28.1 Å². The van der Waals surface area contributed by atoms with E-state index in [0.29, 0.717) is 77.8 Å². The fourth-order valence-corrected chi connectivity index (χ4v) is 14.1. The Kier molecular flexibility index (Phi) is 17.3. The summed E-state index contributed by atoms with van der Waals surface area (Å²) in [6.45, 7) is 14.1. The number of hydrogen-bond donors (Lipinski definition) is 2. The number of anilines is 1. The number of hydrogen-bond acceptors (Lipinski definition) is 11. The number of nitrogens with zero attached hydrogens (tertiary/aromatic N) is 2. The molecule has 6 aliphatic rings. The third-order valence-electron chi connectivity index (χ3n) is 17.7. The van der Waals surface area contributed by atoms with Crippen molar-refractivity contribution in [3.05, 3.63) is 107 Å². The first-order valence-electron chi connectivity index (χ1n) is 27.7. The molecule has 3 aromatic rings. The van der Waals surface area contributed by atoms with E-state index in [1.165, 1.54) is 74.8 Å². The number of carboxylic acids is 2. The Balaban J connectivity index is 0.750. The second-order valence-corrected chi connectivity index (χ2v) is 22.8. The Morgan fingerprint density at radius 3 is 2.36 bits per heavy atom. The zero-order chi connectivity index (χ0) is 52.7. The van der Waals surface area contributed by atoms with Crippen molar-refractivity contribution in [3.63, 3.8) is 0 Å². The average molecular weight is 1030 g/mol. The van der Waals surface area contributed by atoms with E-state index in [2.05, 4.69) is 45.7 Å². The monoisotopic (exact) mass is 1030 g/mol. The standard InChI is InChI=1S/C62H78N2O11/c1-40(2)9-8-10-41(3)51-19-20-52-48-16-13-43-34-47(22-24-61(43,4)53(48)23-25-62(51,52)5)73-32-30-71-28-27-70-29-31-72-46-15-18-50-56(36-46)75-55-35-45(65)14-17-49(55)60(50)42-12-21-54(64(37-58(66)67)38-59(68)69)57(33-42)74-39-44-11-6-7-26-63-44/h6-7,11-15,17-18,21,26,33,35-36,40-41,47-48,51-53H,8-10,16,19-20,22-25,27-32,34,37-39H2,1-5H3,(H,66,67)(H,68,69)/t41-,47+,48+,51-,52+,53+,61+,62-/m1/s1. The van der Waals surface area contributed by atoms with Gasteiger partial charge in [0.1, 0.15) is 49.1 Å². The van der Waals surface area contributed by atoms with Gasteiger partial charge in [0.05, 0.1) is 50.5 Å². The van der Waals surface area contributed by atoms with Crippen LogP contribution in [0, 0.1) is 46.3 Å². The van der Waals surface area contributed by atoms with Gasteiger partial charge in [0.25, 0.3) is 0 Å². The molecule has 0 spiro atoms. The van der Waals surface area contributed by atoms with Gasteiger partial charge in [-0.2, -0.15) is 0 Å². The van der Waals surface area contributed by atoms with Gasteiger partial charge in [-0.1, -0.05) is 77.7 Å². The minimum atomic E-state index is -1.20. The first-order valence-corrected chi connectivity index (χ1v) is 27.7. The molecule has 0 unspecified atom stereocenters. The Morgan fingerprint density at radius 1 is 0.813 bits per heavy atom. The third-order valence-corrected chi connectivity index (χ3v) is 17.7. The normalized spacial score (nSPS) is 24.6. The van der Waals surface area contributed by atoms with Gasteiger partial charge in [-0.15, -0.1) is 0 Å². The highest BCUT2D eigenvalue weighted by atomic mass is 16.6. The Labute approximate surface area is 442 Å². The summed E-state index contributed by atoms with van der Waals surface area (Å²) in [6.07, 6.45) is 19.0. The zero-order valence-electron chi connectivity index (χ0n) is 44.7. The smallest absolute Gasteiger partial charge is 0.323 e. The predicted molar refractivity (Wildman–Crippen MR) is 291 cm³/mol. The molecule has 13 nitrogen and oxygen atoms in total. The molecule has 75 heavy (non-hydrogen) atoms. The highest BCUT2D eigenvalue weighted by Crippen LogP contribution is 2.67. The lowest BCUT2D eigenvalue weighted by Crippen LogP contribution is -2.51. The van der Waals surface area contributed by atoms with Crippen LogP contribution in [0.1, 0.15) is 111 Å². The highest BCUT2D eigenvalue weighted by molar-refractivity contribution is 6.02. The average Bonchev–Trinajstić information content (AvgIpc) is 3.76. The van der Waals surface area contributed by atoms with Crippen LogP contribution in [-0.4, -0.2) is 86.0 Å². The molecule has 5 aliphatic carbocycles. The molecule has 2 heterocycles. The Hall–Kier alpha value is -5.76. The first-order chi connectivity index (χ1) is 36.2. The maximum Gasteiger partial charge on any atom is 0.323 e. The van der Waals surface area contributed by atoms with Crippen LogP contribution >= 0.6 is 0 Å². The summed E-state index contributed by atoms with van der Waals surface area (Å²) in [5.74, 6) is 3.83. The van der Waals surface area contributed by atoms with Gasteiger partial charge in [-0.05, 0) is 152 Å². The molecule has 0 bridgehead atoms. The van der Waals surface area contributed by atoms with E-state index in [1.807, 2.05) is 18.2 Å². The highest BCUT2D eigenvalue weighted by Gasteiger charge is 2.59. The molecule has 2 N–H and O–H groups in total. The summed E-state index contributed by atoms with van der Waals surface area (Å²) >= 11 is 0. The molecule has 3 saturated carbocycles. The number of allylic oxidation sites excluding steroid dienone is 1. The van der Waals surface area contributed by atoms with Crippen LogP contribution in [0.15, 0.2) is 99.9 Å². The second-order valence-electron chi connectivity index (χ2n) is 22.8. The van der Waals surface area contributed by atoms with E-state index in [-0.39, 0.29) is 36.2 Å². The van der Waals surface area contributed by atoms with Crippen LogP contribution < -0.4 is 19.8 Å². The number of aromatic nitrogens is 1. The van der Waals surface area contributed by atoms with Crippen molar-refractivity contribution in [1.82, 2.24) is 4.98 Å². The number of ether oxygens (including phenoxy) is 5. The number of aliphatic carboxylic acids is 2. The molecule has 9 rings (SSSR count). The molecule has 0 amide bonds. The van der Waals surface area contributed by atoms with Crippen molar-refractivity contribution in [3.8, 4) is 33.9 Å². The van der Waals surface area contributed by atoms with E-state index < -0.39 is 25.0 Å². The molecular weight excluding hydrogens is 949 g/mol. The van der Waals surface area contributed by atoms with Crippen molar-refractivity contribution in [1.29, 1.82) is 0 Å². The molecule has 0 radical (unpaired) electrons. The summed E-state index contributed by atoms with van der Waals surface area (Å²) in [4.78, 5) is 41.9. The van der Waals surface area contributed by atoms with E-state index >= 15 is 0 Å². The van der Waals surface area contributed by atoms with Crippen molar-refractivity contribution in [2.45, 2.75) is 118 Å². The largest absolute Gasteiger partial charge is 0.491 e. The quantitative estimate of drug-likeness (QED) is 0.0322. The molecule has 402 valence electrons. The van der Waals surface area contributed by atoms with Crippen molar-refractivity contribution >= 4 is 28.6 Å². The molecule has 3 fully saturated rings. The number of carboxylic acid groups (broad SMARTS) is 2. The van der Waals surface area contributed by atoms with Gasteiger partial charge in [0, 0.05) is 34.8 Å². The Bertz CT molecular complexity index is 2790. The molecule has 1 aromatic heterocycles. The summed E-state index contributed by atoms with van der Waals surface area (Å²) in [6, 6.07) is 20.7. The summed E-state index contributed by atoms with van der Waals surface area (Å²) in [5.41, 5.74) is 5.69. The minimum absolute atomic E-state index is 0.0430. The van der Waals surface area contributed by atoms with Gasteiger partial charge in [0.15, 0.2) is 5.43 Å². The van der Waals surface area contributed by atoms with E-state index in [0.717, 1.165) is 59.3 Å². The third kappa shape index (κ3) is 12.4. The maximum atomic E-state index is 12.6. The molecule has 2 aromatic carbocycles. The van der Waals surface area contributed by atoms with Crippen LogP contribution in [0.5, 0.6) is 11.5 Å². The van der Waals surface area contributed by atoms with Crippen LogP contribution in [0.2, 0.25) is 0 Å². The fourth-order valence-electron chi connectivity index (χ4n) is 14.1. The maximum absolute atomic E-state index is 12.6. The summed E-state index contributed by atoms with van der Waals surface area (Å²) < 4.78 is 36.9. The lowest BCUT2D eigenvalue weighted by Gasteiger charge is -2.58. The lowest BCUT2D eigenvalue weighted by molar-refractivity contribution is -0.136. The number of rotatable bonds is 25. The molecule has 1 aliphatic heterocycles. The zero-order valence-corrected chi connectivity index (χ0v) is 44.7. The van der Waals surface area contributed by atoms with Crippen LogP contribution in [-0.2, 0) is 30.4 Å². The summed E-state index contributed by atoms with van der Waals surface area (Å²) in [7, 11) is 0. The number of benzene rings is 3. The van der Waals surface area contributed by atoms with E-state index in [9.17, 15) is 24.6 Å². The Morgan fingerprint density at radius 2 is 1.60 bits per heavy atom. The lowest BCUT2D eigenvalue weighted by atomic mass is 9.47. The minimum Gasteiger partial charge on any atom is -0.491 e. The topological polar surface area (TPSA) is 167 Å². The second kappa shape index (κ2) is 24.1. The van der Waals surface area contributed by atoms with Gasteiger partial charge >= 0.3 is 11.9 Å². The van der Waals surface area contributed by atoms with Crippen molar-refractivity contribution in [2.24, 2.45) is 46.3 Å². The van der Waals surface area contributed by atoms with Crippen molar-refractivity contribution in [2.75, 3.05) is 57.6 Å². The van der Waals surface area contributed by atoms with Crippen molar-refractivity contribution < 1.29 is 47.9 Å². The van der Waals surface area contributed by atoms with E-state index in [1.54, 1.807) is 54.2 Å². The fraction of sp³-hybridized carbons (Fsp3) is 0.548. The molecule has 0 saturated heterocycles. The predicted octanol–water partition coefficient (Wildman–Crippen LogP) is 12.4. The van der Waals surface area contributed by atoms with Crippen LogP contribution in [0.3, 0.4) is 0 Å². The van der Waals surface area contributed by atoms with Gasteiger partial charge in [-0.25, -0.2) is 0 Å². The molecular formula is C62H78N2O11. The van der Waals surface area contributed by atoms with Crippen LogP contribution in [0.4, 0.5) is 5.69 Å². The summed E-state index contributed by atoms with van der Waals surface area (Å²) in [5, 5.41) is 20.1. The SMILES string of the molecule is CC(C)CCC[C@@H](C)[C@H]1CC[C@H]2[C@@H]3CC=C4C[C@@H](OCCOCCOCCOc5ccc6c(-c7ccc(N(CC(=O)O)CC(=O)O)c(OCc8ccccn8)c7)c7ccc(=O)cc-7oc6c5)CC[C@]4(C)[C@H]3CC[C@]12C. The van der Waals surface area contributed by atoms with Crippen LogP contribution in [0.25, 0.3) is 33.4 Å². The van der Waals surface area contributed by atoms with Gasteiger partial charge in [-0.3, -0.25) is 19.4 Å².